The number of likely N-dealkylation sites (tertiary alicyclic amines) is 1. The number of hydrogen-bond donors (Lipinski definition) is 0. The number of carbonyl (C=O) groups excluding carboxylic acids is 2. The summed E-state index contributed by atoms with van der Waals surface area (Å²) in [7, 11) is 4.72. The van der Waals surface area contributed by atoms with E-state index in [2.05, 4.69) is 24.3 Å². The highest BCUT2D eigenvalue weighted by atomic mass is 16.5. The third kappa shape index (κ3) is 5.63. The predicted molar refractivity (Wildman–Crippen MR) is 159 cm³/mol. The van der Waals surface area contributed by atoms with Gasteiger partial charge in [-0.2, -0.15) is 0 Å². The summed E-state index contributed by atoms with van der Waals surface area (Å²) in [5, 5.41) is 0. The van der Waals surface area contributed by atoms with Gasteiger partial charge in [-0.25, -0.2) is 0 Å². The Hall–Kier alpha value is -4.00. The van der Waals surface area contributed by atoms with Crippen molar-refractivity contribution in [3.63, 3.8) is 0 Å². The molecule has 3 aromatic rings. The summed E-state index contributed by atoms with van der Waals surface area (Å²) in [5.41, 5.74) is 3.50. The van der Waals surface area contributed by atoms with Crippen molar-refractivity contribution < 1.29 is 23.8 Å². The van der Waals surface area contributed by atoms with E-state index >= 15 is 0 Å². The SMILES string of the molecule is CCCN1C(=O)c2ccccc2C(C(=O)N2CCC(Cc3ccccc3)CC2)C1c1cc(OC)c(OC)c(OC)c1. The number of amides is 2. The van der Waals surface area contributed by atoms with Crippen LogP contribution in [0.5, 0.6) is 17.2 Å². The number of fused-ring (bicyclic) bond motifs is 1. The van der Waals surface area contributed by atoms with Crippen LogP contribution in [0.2, 0.25) is 0 Å². The van der Waals surface area contributed by atoms with Gasteiger partial charge in [0.1, 0.15) is 0 Å². The van der Waals surface area contributed by atoms with Crippen LogP contribution in [-0.2, 0) is 11.2 Å². The average Bonchev–Trinajstić information content (AvgIpc) is 3.02. The number of nitrogens with zero attached hydrogens (tertiary/aromatic N) is 2. The van der Waals surface area contributed by atoms with Gasteiger partial charge in [0.05, 0.1) is 33.3 Å². The maximum atomic E-state index is 14.6. The molecule has 0 radical (unpaired) electrons. The first-order chi connectivity index (χ1) is 20.0. The molecule has 2 unspecified atom stereocenters. The Kier molecular flexibility index (Phi) is 8.81. The molecule has 0 aromatic heterocycles. The summed E-state index contributed by atoms with van der Waals surface area (Å²) in [6.07, 6.45) is 3.71. The first kappa shape index (κ1) is 28.5. The fourth-order valence-electron chi connectivity index (χ4n) is 6.49. The highest BCUT2D eigenvalue weighted by Crippen LogP contribution is 2.48. The highest BCUT2D eigenvalue weighted by Gasteiger charge is 2.46. The zero-order valence-corrected chi connectivity index (χ0v) is 24.5. The van der Waals surface area contributed by atoms with Crippen molar-refractivity contribution in [2.24, 2.45) is 5.92 Å². The van der Waals surface area contributed by atoms with Crippen molar-refractivity contribution >= 4 is 11.8 Å². The zero-order chi connectivity index (χ0) is 28.9. The van der Waals surface area contributed by atoms with Crippen LogP contribution < -0.4 is 14.2 Å². The van der Waals surface area contributed by atoms with E-state index in [-0.39, 0.29) is 11.8 Å². The van der Waals surface area contributed by atoms with Crippen molar-refractivity contribution in [3.8, 4) is 17.2 Å². The number of piperidine rings is 1. The molecule has 0 saturated carbocycles. The van der Waals surface area contributed by atoms with Crippen LogP contribution in [0.3, 0.4) is 0 Å². The lowest BCUT2D eigenvalue weighted by Crippen LogP contribution is -2.50. The Bertz CT molecular complexity index is 1340. The number of hydrogen-bond acceptors (Lipinski definition) is 5. The van der Waals surface area contributed by atoms with Crippen LogP contribution >= 0.6 is 0 Å². The minimum absolute atomic E-state index is 0.0583. The Labute approximate surface area is 243 Å². The lowest BCUT2D eigenvalue weighted by atomic mass is 9.78. The van der Waals surface area contributed by atoms with Crippen molar-refractivity contribution in [2.45, 2.75) is 44.6 Å². The van der Waals surface area contributed by atoms with Gasteiger partial charge in [0.25, 0.3) is 5.91 Å². The van der Waals surface area contributed by atoms with E-state index in [0.717, 1.165) is 36.8 Å². The molecule has 0 bridgehead atoms. The molecule has 216 valence electrons. The maximum Gasteiger partial charge on any atom is 0.254 e. The van der Waals surface area contributed by atoms with Gasteiger partial charge in [0.15, 0.2) is 11.5 Å². The number of methoxy groups -OCH3 is 3. The average molecular weight is 557 g/mol. The molecular weight excluding hydrogens is 516 g/mol. The van der Waals surface area contributed by atoms with Gasteiger partial charge in [0, 0.05) is 25.2 Å². The quantitative estimate of drug-likeness (QED) is 0.329. The minimum atomic E-state index is -0.552. The summed E-state index contributed by atoms with van der Waals surface area (Å²) in [5.74, 6) is 1.46. The summed E-state index contributed by atoms with van der Waals surface area (Å²) < 4.78 is 16.9. The summed E-state index contributed by atoms with van der Waals surface area (Å²) in [6.45, 7) is 3.99. The van der Waals surface area contributed by atoms with E-state index in [9.17, 15) is 9.59 Å². The second kappa shape index (κ2) is 12.7. The molecular formula is C34H40N2O5. The predicted octanol–water partition coefficient (Wildman–Crippen LogP) is 5.88. The highest BCUT2D eigenvalue weighted by molar-refractivity contribution is 6.01. The molecule has 41 heavy (non-hydrogen) atoms. The maximum absolute atomic E-state index is 14.6. The lowest BCUT2D eigenvalue weighted by Gasteiger charge is -2.44. The third-order valence-corrected chi connectivity index (χ3v) is 8.49. The smallest absolute Gasteiger partial charge is 0.254 e. The number of ether oxygens (including phenoxy) is 3. The first-order valence-corrected chi connectivity index (χ1v) is 14.5. The molecule has 0 spiro atoms. The minimum Gasteiger partial charge on any atom is -0.493 e. The fraction of sp³-hybridized carbons (Fsp3) is 0.412. The van der Waals surface area contributed by atoms with Crippen LogP contribution in [0, 0.1) is 5.92 Å². The topological polar surface area (TPSA) is 68.3 Å². The van der Waals surface area contributed by atoms with Crippen molar-refractivity contribution in [1.82, 2.24) is 9.80 Å². The van der Waals surface area contributed by atoms with Gasteiger partial charge in [0.2, 0.25) is 11.7 Å². The number of rotatable bonds is 9. The molecule has 7 nitrogen and oxygen atoms in total. The van der Waals surface area contributed by atoms with E-state index in [1.165, 1.54) is 5.56 Å². The van der Waals surface area contributed by atoms with Gasteiger partial charge >= 0.3 is 0 Å². The lowest BCUT2D eigenvalue weighted by molar-refractivity contribution is -0.136. The van der Waals surface area contributed by atoms with E-state index in [1.807, 2.05) is 59.2 Å². The molecule has 1 saturated heterocycles. The molecule has 7 heteroatoms. The molecule has 3 aromatic carbocycles. The van der Waals surface area contributed by atoms with Gasteiger partial charge in [-0.05, 0) is 66.5 Å². The third-order valence-electron chi connectivity index (χ3n) is 8.49. The van der Waals surface area contributed by atoms with E-state index in [1.54, 1.807) is 21.3 Å². The van der Waals surface area contributed by atoms with Crippen LogP contribution in [0.25, 0.3) is 0 Å². The van der Waals surface area contributed by atoms with Crippen molar-refractivity contribution in [2.75, 3.05) is 41.0 Å². The van der Waals surface area contributed by atoms with E-state index in [4.69, 9.17) is 14.2 Å². The molecule has 0 aliphatic carbocycles. The monoisotopic (exact) mass is 556 g/mol. The number of carbonyl (C=O) groups is 2. The second-order valence-electron chi connectivity index (χ2n) is 10.9. The zero-order valence-electron chi connectivity index (χ0n) is 24.5. The summed E-state index contributed by atoms with van der Waals surface area (Å²) in [4.78, 5) is 32.3. The summed E-state index contributed by atoms with van der Waals surface area (Å²) >= 11 is 0. The molecule has 2 heterocycles. The Morgan fingerprint density at radius 3 is 2.12 bits per heavy atom. The Balaban J connectivity index is 1.52. The largest absolute Gasteiger partial charge is 0.493 e. The molecule has 1 fully saturated rings. The van der Waals surface area contributed by atoms with Gasteiger partial charge in [-0.15, -0.1) is 0 Å². The number of benzene rings is 3. The van der Waals surface area contributed by atoms with Crippen molar-refractivity contribution in [1.29, 1.82) is 0 Å². The van der Waals surface area contributed by atoms with Crippen LogP contribution in [0.4, 0.5) is 0 Å². The van der Waals surface area contributed by atoms with Crippen molar-refractivity contribution in [3.05, 3.63) is 89.0 Å². The van der Waals surface area contributed by atoms with Crippen LogP contribution in [0.1, 0.15) is 65.2 Å². The standard InChI is InChI=1S/C34H40N2O5/c1-5-17-36-31(25-21-28(39-2)32(41-4)29(22-25)40-3)30(26-13-9-10-14-27(26)33(36)37)34(38)35-18-15-24(16-19-35)20-23-11-7-6-8-12-23/h6-14,21-22,24,30-31H,5,15-20H2,1-4H3. The van der Waals surface area contributed by atoms with Crippen LogP contribution in [0.15, 0.2) is 66.7 Å². The molecule has 5 rings (SSSR count). The summed E-state index contributed by atoms with van der Waals surface area (Å²) in [6, 6.07) is 21.4. The van der Waals surface area contributed by atoms with Crippen LogP contribution in [-0.4, -0.2) is 62.6 Å². The second-order valence-corrected chi connectivity index (χ2v) is 10.9. The van der Waals surface area contributed by atoms with E-state index in [0.29, 0.717) is 48.4 Å². The molecule has 2 aliphatic heterocycles. The fourth-order valence-corrected chi connectivity index (χ4v) is 6.49. The molecule has 0 N–H and O–H groups in total. The van der Waals surface area contributed by atoms with Gasteiger partial charge in [-0.3, -0.25) is 9.59 Å². The Morgan fingerprint density at radius 2 is 1.51 bits per heavy atom. The molecule has 2 atom stereocenters. The Morgan fingerprint density at radius 1 is 0.878 bits per heavy atom. The normalized spacial score (nSPS) is 19.1. The van der Waals surface area contributed by atoms with Gasteiger partial charge in [-0.1, -0.05) is 55.5 Å². The van der Waals surface area contributed by atoms with E-state index < -0.39 is 12.0 Å². The van der Waals surface area contributed by atoms with Gasteiger partial charge < -0.3 is 24.0 Å². The molecule has 2 amide bonds. The first-order valence-electron chi connectivity index (χ1n) is 14.5. The molecule has 2 aliphatic rings.